The number of aromatic nitrogens is 2. The molecule has 0 aliphatic heterocycles. The highest BCUT2D eigenvalue weighted by atomic mass is 79.9. The van der Waals surface area contributed by atoms with E-state index in [2.05, 4.69) is 21.2 Å². The number of carbonyl (C=O) groups excluding carboxylic acids is 1. The highest BCUT2D eigenvalue weighted by Crippen LogP contribution is 2.25. The first-order valence-corrected chi connectivity index (χ1v) is 11.9. The van der Waals surface area contributed by atoms with Crippen molar-refractivity contribution in [1.29, 1.82) is 0 Å². The molecular weight excluding hydrogens is 544 g/mol. The Morgan fingerprint density at radius 1 is 0.971 bits per heavy atom. The van der Waals surface area contributed by atoms with Crippen LogP contribution >= 0.6 is 39.1 Å². The third-order valence-electron chi connectivity index (χ3n) is 4.76. The van der Waals surface area contributed by atoms with Crippen LogP contribution in [0, 0.1) is 5.82 Å². The summed E-state index contributed by atoms with van der Waals surface area (Å²) in [5, 5.41) is 3.77. The molecule has 1 amide bonds. The van der Waals surface area contributed by atoms with Crippen molar-refractivity contribution in [3.63, 3.8) is 0 Å². The first-order chi connectivity index (χ1) is 16.3. The number of amides is 1. The lowest BCUT2D eigenvalue weighted by atomic mass is 10.2. The molecule has 4 rings (SSSR count). The standard InChI is InChI=1S/C16H11BrCl2N2O.C9H10FNO/c17-11-4-6-12(7-5-11)21-16(22)8-9-20(21)10-13-14(18)2-1-3-15(13)19;1-2-9(12)11-8-5-3-7(10)4-6-8/h1-9H,10H2;3-6H,2H2,1H3,(H,11,12). The second kappa shape index (κ2) is 12.0. The van der Waals surface area contributed by atoms with Crippen LogP contribution in [-0.4, -0.2) is 15.3 Å². The Hall–Kier alpha value is -2.87. The van der Waals surface area contributed by atoms with Crippen LogP contribution in [-0.2, 0) is 11.3 Å². The molecule has 0 saturated carbocycles. The van der Waals surface area contributed by atoms with Crippen molar-refractivity contribution in [2.45, 2.75) is 19.9 Å². The lowest BCUT2D eigenvalue weighted by Crippen LogP contribution is -2.21. The highest BCUT2D eigenvalue weighted by Gasteiger charge is 2.11. The molecule has 3 aromatic carbocycles. The van der Waals surface area contributed by atoms with Crippen molar-refractivity contribution in [2.75, 3.05) is 5.32 Å². The largest absolute Gasteiger partial charge is 0.326 e. The number of hydrogen-bond donors (Lipinski definition) is 1. The number of rotatable bonds is 5. The van der Waals surface area contributed by atoms with Gasteiger partial charge in [0.2, 0.25) is 5.91 Å². The summed E-state index contributed by atoms with van der Waals surface area (Å²) in [6.45, 7) is 2.18. The number of anilines is 1. The van der Waals surface area contributed by atoms with Gasteiger partial charge < -0.3 is 5.32 Å². The quantitative estimate of drug-likeness (QED) is 0.286. The summed E-state index contributed by atoms with van der Waals surface area (Å²) < 4.78 is 16.7. The number of benzene rings is 3. The molecule has 176 valence electrons. The Kier molecular flexibility index (Phi) is 9.10. The van der Waals surface area contributed by atoms with E-state index in [1.54, 1.807) is 40.7 Å². The van der Waals surface area contributed by atoms with E-state index in [0.29, 0.717) is 28.7 Å². The first kappa shape index (κ1) is 25.7. The van der Waals surface area contributed by atoms with Gasteiger partial charge in [-0.2, -0.15) is 0 Å². The Bertz CT molecular complexity index is 1300. The van der Waals surface area contributed by atoms with E-state index in [-0.39, 0.29) is 17.3 Å². The average Bonchev–Trinajstić information content (AvgIpc) is 3.19. The van der Waals surface area contributed by atoms with Crippen LogP contribution in [0.2, 0.25) is 10.0 Å². The Morgan fingerprint density at radius 3 is 2.18 bits per heavy atom. The SMILES string of the molecule is CCC(=O)Nc1ccc(F)cc1.O=c1ccn(Cc2c(Cl)cccc2Cl)n1-c1ccc(Br)cc1. The van der Waals surface area contributed by atoms with Crippen molar-refractivity contribution in [3.05, 3.63) is 115 Å². The summed E-state index contributed by atoms with van der Waals surface area (Å²) in [6, 6.07) is 20.1. The van der Waals surface area contributed by atoms with Crippen LogP contribution in [0.25, 0.3) is 5.69 Å². The highest BCUT2D eigenvalue weighted by molar-refractivity contribution is 9.10. The third-order valence-corrected chi connectivity index (χ3v) is 5.99. The maximum absolute atomic E-state index is 12.4. The number of carbonyl (C=O) groups is 1. The van der Waals surface area contributed by atoms with Gasteiger partial charge in [0.25, 0.3) is 5.56 Å². The van der Waals surface area contributed by atoms with Gasteiger partial charge in [-0.1, -0.05) is 52.1 Å². The minimum absolute atomic E-state index is 0.0680. The van der Waals surface area contributed by atoms with Gasteiger partial charge in [-0.25, -0.2) is 9.07 Å². The van der Waals surface area contributed by atoms with Crippen molar-refractivity contribution in [1.82, 2.24) is 9.36 Å². The number of halogens is 4. The van der Waals surface area contributed by atoms with Crippen molar-refractivity contribution >= 4 is 50.7 Å². The second-order valence-corrected chi connectivity index (χ2v) is 8.88. The number of nitrogens with zero attached hydrogens (tertiary/aromatic N) is 2. The smallest absolute Gasteiger partial charge is 0.271 e. The molecule has 0 bridgehead atoms. The van der Waals surface area contributed by atoms with Crippen LogP contribution in [0.5, 0.6) is 0 Å². The molecule has 1 heterocycles. The fourth-order valence-electron chi connectivity index (χ4n) is 3.02. The monoisotopic (exact) mass is 563 g/mol. The molecular formula is C25H21BrCl2FN3O2. The van der Waals surface area contributed by atoms with Crippen LogP contribution in [0.1, 0.15) is 18.9 Å². The molecule has 0 radical (unpaired) electrons. The molecule has 0 spiro atoms. The molecule has 34 heavy (non-hydrogen) atoms. The van der Waals surface area contributed by atoms with E-state index in [9.17, 15) is 14.0 Å². The van der Waals surface area contributed by atoms with Crippen molar-refractivity contribution < 1.29 is 9.18 Å². The Labute approximate surface area is 214 Å². The number of nitrogens with one attached hydrogen (secondary N) is 1. The van der Waals surface area contributed by atoms with E-state index < -0.39 is 0 Å². The molecule has 1 aromatic heterocycles. The molecule has 0 atom stereocenters. The molecule has 9 heteroatoms. The summed E-state index contributed by atoms with van der Waals surface area (Å²) in [5.74, 6) is -0.369. The van der Waals surface area contributed by atoms with E-state index in [1.807, 2.05) is 24.3 Å². The minimum Gasteiger partial charge on any atom is -0.326 e. The maximum atomic E-state index is 12.4. The molecule has 4 aromatic rings. The fourth-order valence-corrected chi connectivity index (χ4v) is 3.80. The summed E-state index contributed by atoms with van der Waals surface area (Å²) in [4.78, 5) is 23.0. The molecule has 1 N–H and O–H groups in total. The molecule has 0 saturated heterocycles. The van der Waals surface area contributed by atoms with Gasteiger partial charge in [0.15, 0.2) is 0 Å². The minimum atomic E-state index is -0.301. The van der Waals surface area contributed by atoms with Crippen molar-refractivity contribution in [2.24, 2.45) is 0 Å². The van der Waals surface area contributed by atoms with Gasteiger partial charge in [0.1, 0.15) is 5.82 Å². The molecule has 0 unspecified atom stereocenters. The average molecular weight is 565 g/mol. The maximum Gasteiger partial charge on any atom is 0.271 e. The summed E-state index contributed by atoms with van der Waals surface area (Å²) in [6.07, 6.45) is 2.15. The molecule has 0 aliphatic rings. The van der Waals surface area contributed by atoms with Crippen LogP contribution in [0.4, 0.5) is 10.1 Å². The fraction of sp³-hybridized carbons (Fsp3) is 0.120. The lowest BCUT2D eigenvalue weighted by molar-refractivity contribution is -0.115. The van der Waals surface area contributed by atoms with Gasteiger partial charge in [-0.15, -0.1) is 0 Å². The van der Waals surface area contributed by atoms with E-state index in [1.165, 1.54) is 30.3 Å². The predicted octanol–water partition coefficient (Wildman–Crippen LogP) is 6.93. The van der Waals surface area contributed by atoms with Crippen LogP contribution in [0.15, 0.2) is 88.3 Å². The van der Waals surface area contributed by atoms with Gasteiger partial charge in [-0.05, 0) is 60.7 Å². The topological polar surface area (TPSA) is 56.0 Å². The zero-order valence-corrected chi connectivity index (χ0v) is 21.2. The zero-order valence-electron chi connectivity index (χ0n) is 18.1. The second-order valence-electron chi connectivity index (χ2n) is 7.15. The van der Waals surface area contributed by atoms with E-state index >= 15 is 0 Å². The van der Waals surface area contributed by atoms with Gasteiger partial charge in [-0.3, -0.25) is 14.3 Å². The lowest BCUT2D eigenvalue weighted by Gasteiger charge is -2.14. The van der Waals surface area contributed by atoms with Crippen LogP contribution < -0.4 is 10.9 Å². The first-order valence-electron chi connectivity index (χ1n) is 10.3. The van der Waals surface area contributed by atoms with Gasteiger partial charge in [0.05, 0.1) is 12.2 Å². The normalized spacial score (nSPS) is 10.4. The van der Waals surface area contributed by atoms with E-state index in [4.69, 9.17) is 23.2 Å². The Morgan fingerprint density at radius 2 is 1.59 bits per heavy atom. The summed E-state index contributed by atoms with van der Waals surface area (Å²) in [7, 11) is 0. The number of hydrogen-bond acceptors (Lipinski definition) is 2. The van der Waals surface area contributed by atoms with Crippen molar-refractivity contribution in [3.8, 4) is 5.69 Å². The van der Waals surface area contributed by atoms with Gasteiger partial charge in [0, 0.05) is 44.5 Å². The van der Waals surface area contributed by atoms with Crippen LogP contribution in [0.3, 0.4) is 0 Å². The molecule has 0 aliphatic carbocycles. The van der Waals surface area contributed by atoms with E-state index in [0.717, 1.165) is 15.7 Å². The zero-order chi connectivity index (χ0) is 24.7. The summed E-state index contributed by atoms with van der Waals surface area (Å²) >= 11 is 15.8. The molecule has 0 fully saturated rings. The predicted molar refractivity (Wildman–Crippen MR) is 139 cm³/mol. The Balaban J connectivity index is 0.000000229. The third kappa shape index (κ3) is 6.82. The van der Waals surface area contributed by atoms with Gasteiger partial charge >= 0.3 is 0 Å². The molecule has 5 nitrogen and oxygen atoms in total. The summed E-state index contributed by atoms with van der Waals surface area (Å²) in [5.41, 5.74) is 2.09.